The van der Waals surface area contributed by atoms with Crippen LogP contribution in [0.2, 0.25) is 5.02 Å². The summed E-state index contributed by atoms with van der Waals surface area (Å²) in [5.74, 6) is -0.0758. The van der Waals surface area contributed by atoms with Crippen LogP contribution in [-0.4, -0.2) is 11.9 Å². The second-order valence-electron chi connectivity index (χ2n) is 5.42. The molecule has 0 radical (unpaired) electrons. The maximum atomic E-state index is 12.3. The summed E-state index contributed by atoms with van der Waals surface area (Å²) >= 11 is 6.07. The van der Waals surface area contributed by atoms with Crippen molar-refractivity contribution in [3.8, 4) is 0 Å². The van der Waals surface area contributed by atoms with Gasteiger partial charge in [-0.2, -0.15) is 0 Å². The van der Waals surface area contributed by atoms with Crippen molar-refractivity contribution in [2.75, 3.05) is 5.32 Å². The summed E-state index contributed by atoms with van der Waals surface area (Å²) < 4.78 is 0. The Labute approximate surface area is 136 Å². The van der Waals surface area contributed by atoms with E-state index in [0.29, 0.717) is 5.02 Å². The lowest BCUT2D eigenvalue weighted by atomic mass is 10.1. The monoisotopic (exact) mass is 316 g/mol. The first-order chi connectivity index (χ1) is 10.5. The van der Waals surface area contributed by atoms with E-state index >= 15 is 0 Å². The molecule has 2 N–H and O–H groups in total. The van der Waals surface area contributed by atoms with Crippen molar-refractivity contribution in [1.29, 1.82) is 0 Å². The Kier molecular flexibility index (Phi) is 5.58. The second-order valence-corrected chi connectivity index (χ2v) is 5.83. The quantitative estimate of drug-likeness (QED) is 0.862. The van der Waals surface area contributed by atoms with Gasteiger partial charge >= 0.3 is 0 Å². The number of carbonyl (C=O) groups excluding carboxylic acids is 1. The van der Waals surface area contributed by atoms with Crippen LogP contribution in [0.4, 0.5) is 5.69 Å². The SMILES string of the molecule is Cc1c(Cl)cccc1NC(=O)[C@@H](C)N[C@H](C)c1ccccc1. The van der Waals surface area contributed by atoms with Crippen LogP contribution in [0.1, 0.15) is 31.0 Å². The summed E-state index contributed by atoms with van der Waals surface area (Å²) in [5, 5.41) is 6.88. The highest BCUT2D eigenvalue weighted by molar-refractivity contribution is 6.31. The largest absolute Gasteiger partial charge is 0.324 e. The average Bonchev–Trinajstić information content (AvgIpc) is 2.52. The first-order valence-corrected chi connectivity index (χ1v) is 7.74. The first kappa shape index (κ1) is 16.5. The van der Waals surface area contributed by atoms with Crippen LogP contribution in [-0.2, 0) is 4.79 Å². The third-order valence-electron chi connectivity index (χ3n) is 3.72. The van der Waals surface area contributed by atoms with Crippen LogP contribution in [0.5, 0.6) is 0 Å². The molecule has 0 fully saturated rings. The zero-order valence-corrected chi connectivity index (χ0v) is 13.8. The van der Waals surface area contributed by atoms with Gasteiger partial charge in [0.15, 0.2) is 0 Å². The summed E-state index contributed by atoms with van der Waals surface area (Å²) in [4.78, 5) is 12.3. The molecule has 2 aromatic rings. The highest BCUT2D eigenvalue weighted by Crippen LogP contribution is 2.23. The highest BCUT2D eigenvalue weighted by atomic mass is 35.5. The van der Waals surface area contributed by atoms with Gasteiger partial charge in [-0.15, -0.1) is 0 Å². The number of carbonyl (C=O) groups is 1. The maximum absolute atomic E-state index is 12.3. The first-order valence-electron chi connectivity index (χ1n) is 7.36. The Balaban J connectivity index is 1.99. The minimum atomic E-state index is -0.311. The van der Waals surface area contributed by atoms with E-state index in [1.165, 1.54) is 0 Å². The van der Waals surface area contributed by atoms with Gasteiger partial charge in [-0.25, -0.2) is 0 Å². The normalized spacial score (nSPS) is 13.5. The van der Waals surface area contributed by atoms with Crippen LogP contribution in [0.15, 0.2) is 48.5 Å². The van der Waals surface area contributed by atoms with Crippen molar-refractivity contribution in [1.82, 2.24) is 5.32 Å². The van der Waals surface area contributed by atoms with Crippen LogP contribution in [0.3, 0.4) is 0 Å². The van der Waals surface area contributed by atoms with Gasteiger partial charge in [0.1, 0.15) is 0 Å². The molecule has 2 aromatic carbocycles. The Hall–Kier alpha value is -1.84. The third-order valence-corrected chi connectivity index (χ3v) is 4.13. The zero-order valence-electron chi connectivity index (χ0n) is 13.1. The van der Waals surface area contributed by atoms with Gasteiger partial charge in [-0.05, 0) is 44.0 Å². The predicted molar refractivity (Wildman–Crippen MR) is 92.3 cm³/mol. The Morgan fingerprint density at radius 2 is 1.73 bits per heavy atom. The number of rotatable bonds is 5. The lowest BCUT2D eigenvalue weighted by Gasteiger charge is -2.20. The highest BCUT2D eigenvalue weighted by Gasteiger charge is 2.17. The van der Waals surface area contributed by atoms with E-state index in [1.807, 2.05) is 69.3 Å². The summed E-state index contributed by atoms with van der Waals surface area (Å²) in [6, 6.07) is 15.3. The van der Waals surface area contributed by atoms with Crippen LogP contribution < -0.4 is 10.6 Å². The van der Waals surface area contributed by atoms with Gasteiger partial charge in [-0.3, -0.25) is 10.1 Å². The van der Waals surface area contributed by atoms with Crippen LogP contribution in [0.25, 0.3) is 0 Å². The van der Waals surface area contributed by atoms with Gasteiger partial charge in [0.2, 0.25) is 5.91 Å². The summed E-state index contributed by atoms with van der Waals surface area (Å²) in [6.07, 6.45) is 0. The molecule has 2 atom stereocenters. The third kappa shape index (κ3) is 4.09. The molecule has 116 valence electrons. The van der Waals surface area contributed by atoms with Crippen molar-refractivity contribution in [3.63, 3.8) is 0 Å². The number of nitrogens with one attached hydrogen (secondary N) is 2. The molecule has 0 aliphatic rings. The Morgan fingerprint density at radius 3 is 2.41 bits per heavy atom. The van der Waals surface area contributed by atoms with Gasteiger partial charge < -0.3 is 5.32 Å². The number of halogens is 1. The standard InChI is InChI=1S/C18H21ClN2O/c1-12-16(19)10-7-11-17(12)21-18(22)14(3)20-13(2)15-8-5-4-6-9-15/h4-11,13-14,20H,1-3H3,(H,21,22)/t13-,14-/m1/s1. The zero-order chi connectivity index (χ0) is 16.1. The fraction of sp³-hybridized carbons (Fsp3) is 0.278. The molecule has 0 aliphatic heterocycles. The fourth-order valence-electron chi connectivity index (χ4n) is 2.27. The van der Waals surface area contributed by atoms with Crippen molar-refractivity contribution < 1.29 is 4.79 Å². The molecule has 0 saturated carbocycles. The molecule has 22 heavy (non-hydrogen) atoms. The minimum Gasteiger partial charge on any atom is -0.324 e. The van der Waals surface area contributed by atoms with Crippen molar-refractivity contribution in [2.45, 2.75) is 32.9 Å². The molecule has 0 aliphatic carbocycles. The van der Waals surface area contributed by atoms with Gasteiger partial charge in [0.25, 0.3) is 0 Å². The molecule has 0 saturated heterocycles. The number of hydrogen-bond acceptors (Lipinski definition) is 2. The van der Waals surface area contributed by atoms with Crippen LogP contribution >= 0.6 is 11.6 Å². The number of hydrogen-bond donors (Lipinski definition) is 2. The van der Waals surface area contributed by atoms with E-state index in [-0.39, 0.29) is 18.0 Å². The van der Waals surface area contributed by atoms with E-state index in [9.17, 15) is 4.79 Å². The molecule has 0 spiro atoms. The number of anilines is 1. The molecule has 0 bridgehead atoms. The topological polar surface area (TPSA) is 41.1 Å². The average molecular weight is 317 g/mol. The van der Waals surface area contributed by atoms with Crippen molar-refractivity contribution in [3.05, 3.63) is 64.7 Å². The molecule has 0 unspecified atom stereocenters. The van der Waals surface area contributed by atoms with Gasteiger partial charge in [-0.1, -0.05) is 48.0 Å². The van der Waals surface area contributed by atoms with E-state index in [1.54, 1.807) is 0 Å². The summed E-state index contributed by atoms with van der Waals surface area (Å²) in [7, 11) is 0. The molecule has 0 aromatic heterocycles. The van der Waals surface area contributed by atoms with Crippen LogP contribution in [0, 0.1) is 6.92 Å². The Bertz CT molecular complexity index is 643. The molecule has 1 amide bonds. The van der Waals surface area contributed by atoms with E-state index in [0.717, 1.165) is 16.8 Å². The summed E-state index contributed by atoms with van der Waals surface area (Å²) in [6.45, 7) is 5.79. The number of benzene rings is 2. The van der Waals surface area contributed by atoms with E-state index in [2.05, 4.69) is 10.6 Å². The van der Waals surface area contributed by atoms with Gasteiger partial charge in [0, 0.05) is 16.8 Å². The Morgan fingerprint density at radius 1 is 1.05 bits per heavy atom. The van der Waals surface area contributed by atoms with E-state index < -0.39 is 0 Å². The molecule has 3 nitrogen and oxygen atoms in total. The molecular weight excluding hydrogens is 296 g/mol. The van der Waals surface area contributed by atoms with Crippen molar-refractivity contribution in [2.24, 2.45) is 0 Å². The number of amides is 1. The summed E-state index contributed by atoms with van der Waals surface area (Å²) in [5.41, 5.74) is 2.78. The minimum absolute atomic E-state index is 0.0758. The molecule has 4 heteroatoms. The van der Waals surface area contributed by atoms with E-state index in [4.69, 9.17) is 11.6 Å². The molecule has 2 rings (SSSR count). The lowest BCUT2D eigenvalue weighted by Crippen LogP contribution is -2.39. The van der Waals surface area contributed by atoms with Crippen molar-refractivity contribution >= 4 is 23.2 Å². The molecular formula is C18H21ClN2O. The smallest absolute Gasteiger partial charge is 0.241 e. The maximum Gasteiger partial charge on any atom is 0.241 e. The second kappa shape index (κ2) is 7.43. The predicted octanol–water partition coefficient (Wildman–Crippen LogP) is 4.33. The van der Waals surface area contributed by atoms with Gasteiger partial charge in [0.05, 0.1) is 6.04 Å². The lowest BCUT2D eigenvalue weighted by molar-refractivity contribution is -0.117. The molecule has 0 heterocycles. The fourth-order valence-corrected chi connectivity index (χ4v) is 2.45.